The summed E-state index contributed by atoms with van der Waals surface area (Å²) in [5.74, 6) is 1.86. The van der Waals surface area contributed by atoms with Crippen LogP contribution in [0.15, 0.2) is 18.2 Å². The van der Waals surface area contributed by atoms with E-state index in [1.807, 2.05) is 25.1 Å². The van der Waals surface area contributed by atoms with Gasteiger partial charge in [0.1, 0.15) is 11.5 Å². The first-order valence-corrected chi connectivity index (χ1v) is 7.01. The molecule has 2 nitrogen and oxygen atoms in total. The second kappa shape index (κ2) is 8.84. The van der Waals surface area contributed by atoms with Gasteiger partial charge in [-0.2, -0.15) is 0 Å². The molecule has 0 unspecified atom stereocenters. The molecule has 1 radical (unpaired) electrons. The predicted molar refractivity (Wildman–Crippen MR) is 76.3 cm³/mol. The summed E-state index contributed by atoms with van der Waals surface area (Å²) < 4.78 is 11.6. The SMILES string of the molecule is C[CH]c1c(OCCCC)cccc1OCCCC. The predicted octanol–water partition coefficient (Wildman–Crippen LogP) is 4.62. The molecule has 0 saturated heterocycles. The molecule has 0 atom stereocenters. The van der Waals surface area contributed by atoms with Gasteiger partial charge in [-0.1, -0.05) is 39.7 Å². The van der Waals surface area contributed by atoms with Crippen LogP contribution < -0.4 is 9.47 Å². The third kappa shape index (κ3) is 4.59. The molecule has 101 valence electrons. The lowest BCUT2D eigenvalue weighted by Crippen LogP contribution is -2.03. The fourth-order valence-electron chi connectivity index (χ4n) is 1.71. The quantitative estimate of drug-likeness (QED) is 0.595. The molecule has 0 aromatic heterocycles. The number of hydrogen-bond donors (Lipinski definition) is 0. The van der Waals surface area contributed by atoms with Crippen LogP contribution in [0.4, 0.5) is 0 Å². The number of unbranched alkanes of at least 4 members (excludes halogenated alkanes) is 2. The second-order valence-corrected chi connectivity index (χ2v) is 4.36. The van der Waals surface area contributed by atoms with E-state index >= 15 is 0 Å². The largest absolute Gasteiger partial charge is 0.493 e. The maximum Gasteiger partial charge on any atom is 0.126 e. The molecule has 0 fully saturated rings. The third-order valence-corrected chi connectivity index (χ3v) is 2.83. The summed E-state index contributed by atoms with van der Waals surface area (Å²) in [6, 6.07) is 6.02. The van der Waals surface area contributed by atoms with Gasteiger partial charge in [-0.05, 0) is 31.4 Å². The van der Waals surface area contributed by atoms with Crippen LogP contribution in [0.25, 0.3) is 0 Å². The average Bonchev–Trinajstić information content (AvgIpc) is 2.39. The molecular formula is C16H25O2. The van der Waals surface area contributed by atoms with Crippen LogP contribution in [0.3, 0.4) is 0 Å². The van der Waals surface area contributed by atoms with Crippen LogP contribution in [0, 0.1) is 6.42 Å². The molecule has 0 amide bonds. The first-order valence-electron chi connectivity index (χ1n) is 7.01. The van der Waals surface area contributed by atoms with E-state index in [2.05, 4.69) is 20.3 Å². The molecule has 1 aromatic carbocycles. The monoisotopic (exact) mass is 249 g/mol. The number of rotatable bonds is 9. The Morgan fingerprint density at radius 2 is 1.44 bits per heavy atom. The van der Waals surface area contributed by atoms with Crippen molar-refractivity contribution in [3.63, 3.8) is 0 Å². The average molecular weight is 249 g/mol. The zero-order valence-corrected chi connectivity index (χ0v) is 11.9. The van der Waals surface area contributed by atoms with Crippen molar-refractivity contribution < 1.29 is 9.47 Å². The zero-order chi connectivity index (χ0) is 13.2. The van der Waals surface area contributed by atoms with Crippen LogP contribution in [-0.2, 0) is 0 Å². The fourth-order valence-corrected chi connectivity index (χ4v) is 1.71. The molecular weight excluding hydrogens is 224 g/mol. The Hall–Kier alpha value is -1.18. The topological polar surface area (TPSA) is 18.5 Å². The van der Waals surface area contributed by atoms with Crippen LogP contribution in [0.1, 0.15) is 52.0 Å². The summed E-state index contributed by atoms with van der Waals surface area (Å²) in [6.07, 6.45) is 6.53. The van der Waals surface area contributed by atoms with Crippen LogP contribution in [0.5, 0.6) is 11.5 Å². The van der Waals surface area contributed by atoms with Crippen molar-refractivity contribution >= 4 is 0 Å². The molecule has 18 heavy (non-hydrogen) atoms. The molecule has 0 N–H and O–H groups in total. The highest BCUT2D eigenvalue weighted by molar-refractivity contribution is 5.48. The standard InChI is InChI=1S/C16H25O2/c1-4-7-12-17-15-10-9-11-16(14(15)6-3)18-13-8-5-2/h6,9-11H,4-5,7-8,12-13H2,1-3H3. The van der Waals surface area contributed by atoms with Crippen LogP contribution in [-0.4, -0.2) is 13.2 Å². The Kier molecular flexibility index (Phi) is 7.31. The van der Waals surface area contributed by atoms with E-state index in [1.165, 1.54) is 0 Å². The van der Waals surface area contributed by atoms with Gasteiger partial charge in [-0.3, -0.25) is 0 Å². The fraction of sp³-hybridized carbons (Fsp3) is 0.562. The van der Waals surface area contributed by atoms with Crippen molar-refractivity contribution in [3.05, 3.63) is 30.2 Å². The van der Waals surface area contributed by atoms with Crippen molar-refractivity contribution in [2.24, 2.45) is 0 Å². The Morgan fingerprint density at radius 1 is 0.944 bits per heavy atom. The van der Waals surface area contributed by atoms with E-state index in [0.29, 0.717) is 0 Å². The van der Waals surface area contributed by atoms with Crippen molar-refractivity contribution in [1.82, 2.24) is 0 Å². The molecule has 1 rings (SSSR count). The first kappa shape index (κ1) is 14.9. The summed E-state index contributed by atoms with van der Waals surface area (Å²) in [5, 5.41) is 0. The van der Waals surface area contributed by atoms with Gasteiger partial charge in [0, 0.05) is 5.56 Å². The molecule has 0 saturated carbocycles. The summed E-state index contributed by atoms with van der Waals surface area (Å²) in [4.78, 5) is 0. The van der Waals surface area contributed by atoms with Crippen LogP contribution in [0.2, 0.25) is 0 Å². The molecule has 0 spiro atoms. The van der Waals surface area contributed by atoms with Crippen molar-refractivity contribution in [2.45, 2.75) is 46.5 Å². The summed E-state index contributed by atoms with van der Waals surface area (Å²) in [7, 11) is 0. The lowest BCUT2D eigenvalue weighted by atomic mass is 10.1. The van der Waals surface area contributed by atoms with E-state index in [4.69, 9.17) is 9.47 Å². The van der Waals surface area contributed by atoms with Gasteiger partial charge in [0.25, 0.3) is 0 Å². The highest BCUT2D eigenvalue weighted by Crippen LogP contribution is 2.30. The molecule has 0 aliphatic rings. The van der Waals surface area contributed by atoms with Gasteiger partial charge in [0.2, 0.25) is 0 Å². The molecule has 1 aromatic rings. The van der Waals surface area contributed by atoms with Gasteiger partial charge in [0.05, 0.1) is 13.2 Å². The van der Waals surface area contributed by atoms with Gasteiger partial charge < -0.3 is 9.47 Å². The smallest absolute Gasteiger partial charge is 0.126 e. The minimum absolute atomic E-state index is 0.774. The minimum atomic E-state index is 0.774. The van der Waals surface area contributed by atoms with Gasteiger partial charge >= 0.3 is 0 Å². The lowest BCUT2D eigenvalue weighted by Gasteiger charge is -2.15. The van der Waals surface area contributed by atoms with E-state index in [9.17, 15) is 0 Å². The minimum Gasteiger partial charge on any atom is -0.493 e. The molecule has 0 aliphatic heterocycles. The first-order chi connectivity index (χ1) is 8.83. The maximum absolute atomic E-state index is 5.80. The van der Waals surface area contributed by atoms with Crippen molar-refractivity contribution in [1.29, 1.82) is 0 Å². The molecule has 2 heteroatoms. The van der Waals surface area contributed by atoms with Gasteiger partial charge in [0.15, 0.2) is 0 Å². The van der Waals surface area contributed by atoms with E-state index in [1.54, 1.807) is 0 Å². The normalized spacial score (nSPS) is 10.4. The Bertz CT molecular complexity index is 306. The second-order valence-electron chi connectivity index (χ2n) is 4.36. The number of hydrogen-bond acceptors (Lipinski definition) is 2. The van der Waals surface area contributed by atoms with Crippen molar-refractivity contribution in [3.8, 4) is 11.5 Å². The molecule has 0 bridgehead atoms. The van der Waals surface area contributed by atoms with E-state index in [0.717, 1.165) is 56.0 Å². The molecule has 0 heterocycles. The highest BCUT2D eigenvalue weighted by atomic mass is 16.5. The van der Waals surface area contributed by atoms with Crippen LogP contribution >= 0.6 is 0 Å². The van der Waals surface area contributed by atoms with Crippen molar-refractivity contribution in [2.75, 3.05) is 13.2 Å². The highest BCUT2D eigenvalue weighted by Gasteiger charge is 2.08. The zero-order valence-electron chi connectivity index (χ0n) is 11.9. The Morgan fingerprint density at radius 3 is 1.83 bits per heavy atom. The lowest BCUT2D eigenvalue weighted by molar-refractivity contribution is 0.291. The van der Waals surface area contributed by atoms with Gasteiger partial charge in [-0.15, -0.1) is 0 Å². The number of ether oxygens (including phenoxy) is 2. The Balaban J connectivity index is 2.68. The van der Waals surface area contributed by atoms with Gasteiger partial charge in [-0.25, -0.2) is 0 Å². The summed E-state index contributed by atoms with van der Waals surface area (Å²) in [5.41, 5.74) is 1.07. The molecule has 0 aliphatic carbocycles. The van der Waals surface area contributed by atoms with E-state index < -0.39 is 0 Å². The summed E-state index contributed by atoms with van der Waals surface area (Å²) in [6.45, 7) is 7.90. The number of benzene rings is 1. The Labute approximate surface area is 111 Å². The maximum atomic E-state index is 5.80. The third-order valence-electron chi connectivity index (χ3n) is 2.83. The summed E-state index contributed by atoms with van der Waals surface area (Å²) >= 11 is 0. The van der Waals surface area contributed by atoms with E-state index in [-0.39, 0.29) is 0 Å².